The van der Waals surface area contributed by atoms with E-state index in [1.54, 1.807) is 0 Å². The van der Waals surface area contributed by atoms with Gasteiger partial charge in [0.05, 0.1) is 0 Å². The zero-order chi connectivity index (χ0) is 10.8. The van der Waals surface area contributed by atoms with Crippen LogP contribution in [0.2, 0.25) is 0 Å². The summed E-state index contributed by atoms with van der Waals surface area (Å²) in [5.41, 5.74) is 0. The molecule has 0 bridgehead atoms. The van der Waals surface area contributed by atoms with Crippen LogP contribution < -0.4 is 0 Å². The van der Waals surface area contributed by atoms with Crippen LogP contribution in [0.3, 0.4) is 0 Å². The van der Waals surface area contributed by atoms with E-state index >= 15 is 0 Å². The number of nitrogens with zero attached hydrogens (tertiary/aromatic N) is 1. The van der Waals surface area contributed by atoms with E-state index < -0.39 is 0 Å². The minimum atomic E-state index is 0.490. The number of likely N-dealkylation sites (tertiary alicyclic amines) is 1. The molecule has 86 valence electrons. The molecular formula is C13H23NO. The molecule has 1 saturated carbocycles. The minimum Gasteiger partial charge on any atom is -0.300 e. The van der Waals surface area contributed by atoms with Gasteiger partial charge in [0.2, 0.25) is 0 Å². The second-order valence-corrected chi connectivity index (χ2v) is 5.41. The molecule has 3 unspecified atom stereocenters. The maximum absolute atomic E-state index is 11.5. The van der Waals surface area contributed by atoms with Crippen molar-refractivity contribution in [3.05, 3.63) is 0 Å². The summed E-state index contributed by atoms with van der Waals surface area (Å²) in [6.07, 6.45) is 5.35. The van der Waals surface area contributed by atoms with Crippen LogP contribution in [0.4, 0.5) is 0 Å². The van der Waals surface area contributed by atoms with Gasteiger partial charge < -0.3 is 0 Å². The Bertz CT molecular complexity index is 239. The molecule has 2 aliphatic rings. The van der Waals surface area contributed by atoms with Crippen LogP contribution in [0.5, 0.6) is 0 Å². The van der Waals surface area contributed by atoms with Gasteiger partial charge in [-0.1, -0.05) is 20.3 Å². The highest BCUT2D eigenvalue weighted by Crippen LogP contribution is 2.32. The molecule has 0 aromatic rings. The van der Waals surface area contributed by atoms with Crippen molar-refractivity contribution in [3.63, 3.8) is 0 Å². The van der Waals surface area contributed by atoms with Crippen molar-refractivity contribution in [3.8, 4) is 0 Å². The highest BCUT2D eigenvalue weighted by atomic mass is 16.1. The molecule has 2 fully saturated rings. The van der Waals surface area contributed by atoms with Gasteiger partial charge in [0, 0.05) is 25.4 Å². The predicted molar refractivity (Wildman–Crippen MR) is 61.8 cm³/mol. The van der Waals surface area contributed by atoms with E-state index in [0.717, 1.165) is 31.1 Å². The summed E-state index contributed by atoms with van der Waals surface area (Å²) >= 11 is 0. The van der Waals surface area contributed by atoms with E-state index in [1.165, 1.54) is 25.9 Å². The van der Waals surface area contributed by atoms with Crippen molar-refractivity contribution in [2.45, 2.75) is 52.0 Å². The number of ketones is 1. The Hall–Kier alpha value is -0.370. The molecule has 1 saturated heterocycles. The van der Waals surface area contributed by atoms with E-state index in [-0.39, 0.29) is 0 Å². The molecule has 1 heterocycles. The zero-order valence-electron chi connectivity index (χ0n) is 10.0. The summed E-state index contributed by atoms with van der Waals surface area (Å²) in [4.78, 5) is 14.1. The van der Waals surface area contributed by atoms with Gasteiger partial charge in [0.25, 0.3) is 0 Å². The van der Waals surface area contributed by atoms with Crippen LogP contribution in [0, 0.1) is 11.8 Å². The summed E-state index contributed by atoms with van der Waals surface area (Å²) in [5.74, 6) is 2.09. The summed E-state index contributed by atoms with van der Waals surface area (Å²) in [7, 11) is 0. The van der Waals surface area contributed by atoms with E-state index in [9.17, 15) is 4.79 Å². The molecule has 0 spiro atoms. The van der Waals surface area contributed by atoms with Crippen LogP contribution in [0.1, 0.15) is 46.0 Å². The molecule has 2 rings (SSSR count). The molecule has 0 aromatic carbocycles. The smallest absolute Gasteiger partial charge is 0.134 e. The summed E-state index contributed by atoms with van der Waals surface area (Å²) in [6, 6.07) is 0.571. The molecule has 0 aromatic heterocycles. The molecule has 0 amide bonds. The molecule has 1 aliphatic carbocycles. The Kier molecular flexibility index (Phi) is 3.45. The molecule has 2 nitrogen and oxygen atoms in total. The lowest BCUT2D eigenvalue weighted by atomic mass is 9.81. The summed E-state index contributed by atoms with van der Waals surface area (Å²) in [5, 5.41) is 0. The fourth-order valence-electron chi connectivity index (χ4n) is 3.21. The number of rotatable bonds is 2. The van der Waals surface area contributed by atoms with Gasteiger partial charge in [-0.05, 0) is 31.2 Å². The molecule has 15 heavy (non-hydrogen) atoms. The Labute approximate surface area is 93.0 Å². The first kappa shape index (κ1) is 11.1. The third-order valence-electron chi connectivity index (χ3n) is 4.22. The Morgan fingerprint density at radius 3 is 2.80 bits per heavy atom. The van der Waals surface area contributed by atoms with Crippen LogP contribution in [0.25, 0.3) is 0 Å². The lowest BCUT2D eigenvalue weighted by molar-refractivity contribution is -0.123. The van der Waals surface area contributed by atoms with Crippen LogP contribution in [0.15, 0.2) is 0 Å². The monoisotopic (exact) mass is 209 g/mol. The van der Waals surface area contributed by atoms with E-state index in [1.807, 2.05) is 0 Å². The van der Waals surface area contributed by atoms with Gasteiger partial charge in [0.1, 0.15) is 5.78 Å². The SMILES string of the molecule is CCC1CCC(=O)CC1N1CCC(C)C1. The molecular weight excluding hydrogens is 186 g/mol. The van der Waals surface area contributed by atoms with Crippen LogP contribution >= 0.6 is 0 Å². The molecule has 2 heteroatoms. The summed E-state index contributed by atoms with van der Waals surface area (Å²) in [6.45, 7) is 7.03. The predicted octanol–water partition coefficient (Wildman–Crippen LogP) is 2.48. The normalized spacial score (nSPS) is 38.5. The van der Waals surface area contributed by atoms with Gasteiger partial charge in [-0.25, -0.2) is 0 Å². The van der Waals surface area contributed by atoms with Crippen LogP contribution in [-0.4, -0.2) is 29.8 Å². The number of carbonyl (C=O) groups is 1. The topological polar surface area (TPSA) is 20.3 Å². The quantitative estimate of drug-likeness (QED) is 0.696. The minimum absolute atomic E-state index is 0.490. The first-order valence-electron chi connectivity index (χ1n) is 6.46. The zero-order valence-corrected chi connectivity index (χ0v) is 10.0. The summed E-state index contributed by atoms with van der Waals surface area (Å²) < 4.78 is 0. The fraction of sp³-hybridized carbons (Fsp3) is 0.923. The van der Waals surface area contributed by atoms with Gasteiger partial charge in [-0.15, -0.1) is 0 Å². The second kappa shape index (κ2) is 4.65. The highest BCUT2D eigenvalue weighted by Gasteiger charge is 2.35. The number of hydrogen-bond acceptors (Lipinski definition) is 2. The fourth-order valence-corrected chi connectivity index (χ4v) is 3.21. The largest absolute Gasteiger partial charge is 0.300 e. The van der Waals surface area contributed by atoms with Crippen LogP contribution in [-0.2, 0) is 4.79 Å². The standard InChI is InChI=1S/C13H23NO/c1-3-11-4-5-12(15)8-13(11)14-7-6-10(2)9-14/h10-11,13H,3-9H2,1-2H3. The van der Waals surface area contributed by atoms with Gasteiger partial charge in [-0.3, -0.25) is 9.69 Å². The van der Waals surface area contributed by atoms with Crippen molar-refractivity contribution >= 4 is 5.78 Å². The average Bonchev–Trinajstić information content (AvgIpc) is 2.65. The third-order valence-corrected chi connectivity index (χ3v) is 4.22. The number of carbonyl (C=O) groups excluding carboxylic acids is 1. The number of Topliss-reactive ketones (excluding diaryl/α,β-unsaturated/α-hetero) is 1. The highest BCUT2D eigenvalue weighted by molar-refractivity contribution is 5.79. The van der Waals surface area contributed by atoms with E-state index in [2.05, 4.69) is 18.7 Å². The average molecular weight is 209 g/mol. The lowest BCUT2D eigenvalue weighted by Crippen LogP contribution is -2.43. The Morgan fingerprint density at radius 2 is 2.20 bits per heavy atom. The Morgan fingerprint density at radius 1 is 1.40 bits per heavy atom. The molecule has 3 atom stereocenters. The Balaban J connectivity index is 2.00. The lowest BCUT2D eigenvalue weighted by Gasteiger charge is -2.37. The molecule has 1 aliphatic heterocycles. The number of hydrogen-bond donors (Lipinski definition) is 0. The van der Waals surface area contributed by atoms with E-state index in [4.69, 9.17) is 0 Å². The van der Waals surface area contributed by atoms with Gasteiger partial charge in [-0.2, -0.15) is 0 Å². The third kappa shape index (κ3) is 2.41. The first-order chi connectivity index (χ1) is 7.20. The van der Waals surface area contributed by atoms with Crippen molar-refractivity contribution < 1.29 is 4.79 Å². The van der Waals surface area contributed by atoms with Crippen molar-refractivity contribution in [1.29, 1.82) is 0 Å². The molecule has 0 radical (unpaired) electrons. The second-order valence-electron chi connectivity index (χ2n) is 5.41. The van der Waals surface area contributed by atoms with Crippen molar-refractivity contribution in [2.24, 2.45) is 11.8 Å². The van der Waals surface area contributed by atoms with Crippen molar-refractivity contribution in [2.75, 3.05) is 13.1 Å². The maximum atomic E-state index is 11.5. The van der Waals surface area contributed by atoms with Gasteiger partial charge in [0.15, 0.2) is 0 Å². The maximum Gasteiger partial charge on any atom is 0.134 e. The van der Waals surface area contributed by atoms with Gasteiger partial charge >= 0.3 is 0 Å². The first-order valence-corrected chi connectivity index (χ1v) is 6.46. The van der Waals surface area contributed by atoms with E-state index in [0.29, 0.717) is 11.8 Å². The molecule has 0 N–H and O–H groups in total. The van der Waals surface area contributed by atoms with Crippen molar-refractivity contribution in [1.82, 2.24) is 4.90 Å².